The zero-order valence-corrected chi connectivity index (χ0v) is 13.0. The maximum Gasteiger partial charge on any atom is 0.115 e. The third-order valence-corrected chi connectivity index (χ3v) is 4.44. The number of aromatic nitrogens is 1. The summed E-state index contributed by atoms with van der Waals surface area (Å²) in [7, 11) is 0. The van der Waals surface area contributed by atoms with Gasteiger partial charge in [0.25, 0.3) is 0 Å². The van der Waals surface area contributed by atoms with Gasteiger partial charge >= 0.3 is 0 Å². The highest BCUT2D eigenvalue weighted by molar-refractivity contribution is 6.32. The zero-order chi connectivity index (χ0) is 15.0. The van der Waals surface area contributed by atoms with Gasteiger partial charge in [0, 0.05) is 17.5 Å². The summed E-state index contributed by atoms with van der Waals surface area (Å²) in [5.41, 5.74) is 5.55. The minimum atomic E-state index is -0.0425. The van der Waals surface area contributed by atoms with Gasteiger partial charge in [-0.3, -0.25) is 0 Å². The van der Waals surface area contributed by atoms with Crippen LogP contribution in [0.3, 0.4) is 0 Å². The van der Waals surface area contributed by atoms with Gasteiger partial charge in [0.2, 0.25) is 0 Å². The van der Waals surface area contributed by atoms with Crippen LogP contribution in [0.2, 0.25) is 5.15 Å². The number of aryl methyl sites for hydroxylation is 2. The molecule has 0 atom stereocenters. The van der Waals surface area contributed by atoms with Crippen LogP contribution in [0.15, 0.2) is 42.5 Å². The number of aliphatic hydroxyl groups is 1. The summed E-state index contributed by atoms with van der Waals surface area (Å²) >= 11 is 6.51. The first kappa shape index (κ1) is 14.2. The molecule has 108 valence electrons. The number of halogens is 1. The molecule has 0 unspecified atom stereocenters. The van der Waals surface area contributed by atoms with Gasteiger partial charge in [-0.15, -0.1) is 0 Å². The van der Waals surface area contributed by atoms with Crippen LogP contribution in [-0.4, -0.2) is 9.67 Å². The SMILES string of the molecule is Cc1ccc2c(CO)c(Cl)n(Cc3ccccc3C)c2c1. The molecular formula is C18H18ClNO. The normalized spacial score (nSPS) is 11.2. The minimum absolute atomic E-state index is 0.0425. The third-order valence-electron chi connectivity index (χ3n) is 4.00. The predicted octanol–water partition coefficient (Wildman–Crippen LogP) is 4.45. The molecule has 0 amide bonds. The van der Waals surface area contributed by atoms with E-state index in [0.717, 1.165) is 16.5 Å². The van der Waals surface area contributed by atoms with Crippen molar-refractivity contribution in [1.82, 2.24) is 4.57 Å². The molecule has 21 heavy (non-hydrogen) atoms. The molecule has 0 aliphatic rings. The van der Waals surface area contributed by atoms with Crippen molar-refractivity contribution in [2.24, 2.45) is 0 Å². The van der Waals surface area contributed by atoms with E-state index in [-0.39, 0.29) is 6.61 Å². The Hall–Kier alpha value is -1.77. The van der Waals surface area contributed by atoms with E-state index in [9.17, 15) is 5.11 Å². The molecule has 0 aliphatic heterocycles. The Balaban J connectivity index is 2.20. The highest BCUT2D eigenvalue weighted by atomic mass is 35.5. The zero-order valence-electron chi connectivity index (χ0n) is 12.2. The van der Waals surface area contributed by atoms with Gasteiger partial charge in [-0.1, -0.05) is 48.0 Å². The quantitative estimate of drug-likeness (QED) is 0.759. The second-order valence-electron chi connectivity index (χ2n) is 5.46. The highest BCUT2D eigenvalue weighted by Crippen LogP contribution is 2.31. The topological polar surface area (TPSA) is 25.2 Å². The Labute approximate surface area is 129 Å². The van der Waals surface area contributed by atoms with Gasteiger partial charge < -0.3 is 9.67 Å². The lowest BCUT2D eigenvalue weighted by Gasteiger charge is -2.10. The second kappa shape index (κ2) is 5.55. The first-order valence-electron chi connectivity index (χ1n) is 7.04. The van der Waals surface area contributed by atoms with Crippen molar-refractivity contribution in [1.29, 1.82) is 0 Å². The van der Waals surface area contributed by atoms with Crippen molar-refractivity contribution in [3.05, 3.63) is 69.9 Å². The Morgan fingerprint density at radius 2 is 1.86 bits per heavy atom. The number of rotatable bonds is 3. The van der Waals surface area contributed by atoms with Crippen LogP contribution in [0.1, 0.15) is 22.3 Å². The molecular weight excluding hydrogens is 282 g/mol. The van der Waals surface area contributed by atoms with Crippen LogP contribution >= 0.6 is 11.6 Å². The Morgan fingerprint density at radius 1 is 1.10 bits per heavy atom. The van der Waals surface area contributed by atoms with E-state index in [1.807, 2.05) is 18.2 Å². The number of benzene rings is 2. The van der Waals surface area contributed by atoms with Crippen molar-refractivity contribution in [3.63, 3.8) is 0 Å². The molecule has 2 nitrogen and oxygen atoms in total. The van der Waals surface area contributed by atoms with E-state index in [1.54, 1.807) is 0 Å². The maximum absolute atomic E-state index is 9.62. The fraction of sp³-hybridized carbons (Fsp3) is 0.222. The largest absolute Gasteiger partial charge is 0.392 e. The van der Waals surface area contributed by atoms with Crippen LogP contribution < -0.4 is 0 Å². The average Bonchev–Trinajstić information content (AvgIpc) is 2.73. The van der Waals surface area contributed by atoms with Gasteiger partial charge in [-0.25, -0.2) is 0 Å². The van der Waals surface area contributed by atoms with E-state index in [4.69, 9.17) is 11.6 Å². The molecule has 0 saturated heterocycles. The van der Waals surface area contributed by atoms with E-state index >= 15 is 0 Å². The Bertz CT molecular complexity index is 804. The average molecular weight is 300 g/mol. The minimum Gasteiger partial charge on any atom is -0.392 e. The van der Waals surface area contributed by atoms with E-state index < -0.39 is 0 Å². The van der Waals surface area contributed by atoms with Crippen LogP contribution in [0.4, 0.5) is 0 Å². The molecule has 3 rings (SSSR count). The number of nitrogens with zero attached hydrogens (tertiary/aromatic N) is 1. The number of aliphatic hydroxyl groups excluding tert-OH is 1. The van der Waals surface area contributed by atoms with Crippen LogP contribution in [-0.2, 0) is 13.2 Å². The van der Waals surface area contributed by atoms with Crippen LogP contribution in [0, 0.1) is 13.8 Å². The third kappa shape index (κ3) is 2.45. The highest BCUT2D eigenvalue weighted by Gasteiger charge is 2.15. The fourth-order valence-corrected chi connectivity index (χ4v) is 3.08. The van der Waals surface area contributed by atoms with Crippen molar-refractivity contribution in [2.75, 3.05) is 0 Å². The number of hydrogen-bond donors (Lipinski definition) is 1. The van der Waals surface area contributed by atoms with Crippen molar-refractivity contribution in [2.45, 2.75) is 27.0 Å². The molecule has 1 heterocycles. The molecule has 0 bridgehead atoms. The Kier molecular flexibility index (Phi) is 3.75. The molecule has 0 fully saturated rings. The molecule has 2 aromatic carbocycles. The summed E-state index contributed by atoms with van der Waals surface area (Å²) < 4.78 is 2.08. The first-order valence-corrected chi connectivity index (χ1v) is 7.42. The molecule has 0 aliphatic carbocycles. The summed E-state index contributed by atoms with van der Waals surface area (Å²) in [5, 5.41) is 11.3. The summed E-state index contributed by atoms with van der Waals surface area (Å²) in [6, 6.07) is 14.5. The van der Waals surface area contributed by atoms with Gasteiger partial charge in [-0.05, 0) is 36.6 Å². The number of fused-ring (bicyclic) bond motifs is 1. The fourth-order valence-electron chi connectivity index (χ4n) is 2.76. The first-order chi connectivity index (χ1) is 10.1. The van der Waals surface area contributed by atoms with Gasteiger partial charge in [0.15, 0.2) is 0 Å². The second-order valence-corrected chi connectivity index (χ2v) is 5.82. The van der Waals surface area contributed by atoms with E-state index in [0.29, 0.717) is 11.7 Å². The molecule has 0 spiro atoms. The van der Waals surface area contributed by atoms with Crippen molar-refractivity contribution >= 4 is 22.5 Å². The monoisotopic (exact) mass is 299 g/mol. The van der Waals surface area contributed by atoms with Gasteiger partial charge in [-0.2, -0.15) is 0 Å². The molecule has 3 heteroatoms. The van der Waals surface area contributed by atoms with Gasteiger partial charge in [0.05, 0.1) is 12.1 Å². The van der Waals surface area contributed by atoms with E-state index in [1.165, 1.54) is 16.7 Å². The Morgan fingerprint density at radius 3 is 2.57 bits per heavy atom. The lowest BCUT2D eigenvalue weighted by atomic mass is 10.1. The summed E-state index contributed by atoms with van der Waals surface area (Å²) in [6.45, 7) is 4.84. The summed E-state index contributed by atoms with van der Waals surface area (Å²) in [6.07, 6.45) is 0. The van der Waals surface area contributed by atoms with Crippen molar-refractivity contribution in [3.8, 4) is 0 Å². The smallest absolute Gasteiger partial charge is 0.115 e. The summed E-state index contributed by atoms with van der Waals surface area (Å²) in [4.78, 5) is 0. The lowest BCUT2D eigenvalue weighted by molar-refractivity contribution is 0.283. The van der Waals surface area contributed by atoms with Gasteiger partial charge in [0.1, 0.15) is 5.15 Å². The van der Waals surface area contributed by atoms with Crippen LogP contribution in [0.5, 0.6) is 0 Å². The molecule has 3 aromatic rings. The molecule has 0 saturated carbocycles. The number of hydrogen-bond acceptors (Lipinski definition) is 1. The summed E-state index contributed by atoms with van der Waals surface area (Å²) in [5.74, 6) is 0. The molecule has 0 radical (unpaired) electrons. The maximum atomic E-state index is 9.62. The van der Waals surface area contributed by atoms with E-state index in [2.05, 4.69) is 42.7 Å². The lowest BCUT2D eigenvalue weighted by Crippen LogP contribution is -2.01. The molecule has 1 aromatic heterocycles. The van der Waals surface area contributed by atoms with Crippen molar-refractivity contribution < 1.29 is 5.11 Å². The standard InChI is InChI=1S/C18H18ClNO/c1-12-7-8-15-16(11-21)18(19)20(17(15)9-12)10-14-6-4-3-5-13(14)2/h3-9,21H,10-11H2,1-2H3. The molecule has 1 N–H and O–H groups in total. The predicted molar refractivity (Wildman–Crippen MR) is 87.9 cm³/mol. The van der Waals surface area contributed by atoms with Crippen LogP contribution in [0.25, 0.3) is 10.9 Å².